The molecule has 0 atom stereocenters. The Kier molecular flexibility index (Phi) is 8.40. The van der Waals surface area contributed by atoms with E-state index in [0.29, 0.717) is 26.2 Å². The molecule has 0 aliphatic heterocycles. The highest BCUT2D eigenvalue weighted by molar-refractivity contribution is 5.67. The van der Waals surface area contributed by atoms with Crippen LogP contribution in [0.5, 0.6) is 5.75 Å². The van der Waals surface area contributed by atoms with Gasteiger partial charge in [0.25, 0.3) is 0 Å². The zero-order chi connectivity index (χ0) is 17.1. The van der Waals surface area contributed by atoms with Crippen molar-refractivity contribution in [2.24, 2.45) is 0 Å². The van der Waals surface area contributed by atoms with Crippen molar-refractivity contribution in [3.05, 3.63) is 29.8 Å². The lowest BCUT2D eigenvalue weighted by Crippen LogP contribution is -2.33. The molecule has 130 valence electrons. The normalized spacial score (nSPS) is 11.1. The van der Waals surface area contributed by atoms with E-state index in [2.05, 4.69) is 5.32 Å². The van der Waals surface area contributed by atoms with E-state index in [0.717, 1.165) is 11.3 Å². The summed E-state index contributed by atoms with van der Waals surface area (Å²) in [5.41, 5.74) is 0.596. The fourth-order valence-corrected chi connectivity index (χ4v) is 1.75. The van der Waals surface area contributed by atoms with E-state index in [1.54, 1.807) is 0 Å². The molecule has 1 rings (SSSR count). The predicted octanol–water partition coefficient (Wildman–Crippen LogP) is 3.12. The fraction of sp³-hybridized carbons (Fsp3) is 0.588. The monoisotopic (exact) mass is 327 g/mol. The topological polar surface area (TPSA) is 56.8 Å². The first-order valence-corrected chi connectivity index (χ1v) is 7.73. The Labute approximate surface area is 137 Å². The molecule has 0 heterocycles. The second kappa shape index (κ2) is 10.0. The lowest BCUT2D eigenvalue weighted by Gasteiger charge is -2.19. The van der Waals surface area contributed by atoms with Gasteiger partial charge in [0.2, 0.25) is 0 Å². The van der Waals surface area contributed by atoms with Gasteiger partial charge in [-0.25, -0.2) is 9.18 Å². The SMILES string of the molecule is CC(C)(C)OC(=O)NCCc1ccc(OCCOCCF)cc1. The quantitative estimate of drug-likeness (QED) is 0.708. The Morgan fingerprint density at radius 1 is 1.13 bits per heavy atom. The molecule has 0 saturated heterocycles. The number of carbonyl (C=O) groups excluding carboxylic acids is 1. The largest absolute Gasteiger partial charge is 0.491 e. The zero-order valence-corrected chi connectivity index (χ0v) is 14.1. The molecule has 1 aromatic carbocycles. The predicted molar refractivity (Wildman–Crippen MR) is 86.7 cm³/mol. The van der Waals surface area contributed by atoms with Crippen LogP contribution in [0.15, 0.2) is 24.3 Å². The molecule has 0 aliphatic carbocycles. The average Bonchev–Trinajstić information content (AvgIpc) is 2.47. The summed E-state index contributed by atoms with van der Waals surface area (Å²) in [7, 11) is 0. The zero-order valence-electron chi connectivity index (χ0n) is 14.1. The van der Waals surface area contributed by atoms with Crippen molar-refractivity contribution in [1.82, 2.24) is 5.32 Å². The summed E-state index contributed by atoms with van der Waals surface area (Å²) in [4.78, 5) is 11.5. The number of hydrogen-bond acceptors (Lipinski definition) is 4. The van der Waals surface area contributed by atoms with Crippen LogP contribution in [0.2, 0.25) is 0 Å². The molecule has 5 nitrogen and oxygen atoms in total. The van der Waals surface area contributed by atoms with Crippen molar-refractivity contribution in [2.75, 3.05) is 33.0 Å². The van der Waals surface area contributed by atoms with Gasteiger partial charge in [-0.3, -0.25) is 0 Å². The van der Waals surface area contributed by atoms with Crippen molar-refractivity contribution in [2.45, 2.75) is 32.8 Å². The molecule has 0 fully saturated rings. The second-order valence-electron chi connectivity index (χ2n) is 5.97. The summed E-state index contributed by atoms with van der Waals surface area (Å²) in [6.07, 6.45) is 0.296. The van der Waals surface area contributed by atoms with Crippen LogP contribution in [0.4, 0.5) is 9.18 Å². The molecule has 0 unspecified atom stereocenters. The van der Waals surface area contributed by atoms with E-state index in [9.17, 15) is 9.18 Å². The Hall–Kier alpha value is -1.82. The van der Waals surface area contributed by atoms with Crippen LogP contribution in [0.25, 0.3) is 0 Å². The maximum Gasteiger partial charge on any atom is 0.407 e. The number of amides is 1. The average molecular weight is 327 g/mol. The molecule has 23 heavy (non-hydrogen) atoms. The molecule has 1 amide bonds. The summed E-state index contributed by atoms with van der Waals surface area (Å²) in [5.74, 6) is 0.734. The van der Waals surface area contributed by atoms with Gasteiger partial charge >= 0.3 is 6.09 Å². The number of alkyl carbamates (subject to hydrolysis) is 1. The van der Waals surface area contributed by atoms with Gasteiger partial charge in [-0.15, -0.1) is 0 Å². The van der Waals surface area contributed by atoms with E-state index in [4.69, 9.17) is 14.2 Å². The number of rotatable bonds is 9. The van der Waals surface area contributed by atoms with E-state index >= 15 is 0 Å². The molecular formula is C17H26FNO4. The van der Waals surface area contributed by atoms with Crippen LogP contribution < -0.4 is 10.1 Å². The lowest BCUT2D eigenvalue weighted by atomic mass is 10.1. The smallest absolute Gasteiger partial charge is 0.407 e. The first-order chi connectivity index (χ1) is 10.9. The minimum atomic E-state index is -0.489. The van der Waals surface area contributed by atoms with Crippen LogP contribution in [-0.4, -0.2) is 44.7 Å². The Bertz CT molecular complexity index is 457. The molecule has 0 spiro atoms. The minimum Gasteiger partial charge on any atom is -0.491 e. The Balaban J connectivity index is 2.22. The highest BCUT2D eigenvalue weighted by Gasteiger charge is 2.15. The highest BCUT2D eigenvalue weighted by atomic mass is 19.1. The van der Waals surface area contributed by atoms with Gasteiger partial charge in [0, 0.05) is 6.54 Å². The molecule has 0 radical (unpaired) electrons. The number of nitrogens with one attached hydrogen (secondary N) is 1. The van der Waals surface area contributed by atoms with Crippen LogP contribution in [0.3, 0.4) is 0 Å². The number of halogens is 1. The van der Waals surface area contributed by atoms with Gasteiger partial charge in [0.15, 0.2) is 0 Å². The Morgan fingerprint density at radius 2 is 1.83 bits per heavy atom. The minimum absolute atomic E-state index is 0.104. The molecule has 0 aliphatic rings. The fourth-order valence-electron chi connectivity index (χ4n) is 1.75. The highest BCUT2D eigenvalue weighted by Crippen LogP contribution is 2.12. The van der Waals surface area contributed by atoms with Gasteiger partial charge < -0.3 is 19.5 Å². The molecule has 6 heteroatoms. The van der Waals surface area contributed by atoms with E-state index in [1.807, 2.05) is 45.0 Å². The van der Waals surface area contributed by atoms with Gasteiger partial charge in [-0.2, -0.15) is 0 Å². The number of alkyl halides is 1. The van der Waals surface area contributed by atoms with Gasteiger partial charge in [-0.1, -0.05) is 12.1 Å². The third kappa shape index (κ3) is 9.73. The van der Waals surface area contributed by atoms with Crippen molar-refractivity contribution in [3.63, 3.8) is 0 Å². The van der Waals surface area contributed by atoms with Gasteiger partial charge in [0.05, 0.1) is 13.2 Å². The van der Waals surface area contributed by atoms with Crippen LogP contribution in [0, 0.1) is 0 Å². The van der Waals surface area contributed by atoms with Crippen LogP contribution >= 0.6 is 0 Å². The number of hydrogen-bond donors (Lipinski definition) is 1. The number of benzene rings is 1. The lowest BCUT2D eigenvalue weighted by molar-refractivity contribution is 0.0528. The summed E-state index contributed by atoms with van der Waals surface area (Å²) in [5, 5.41) is 2.72. The van der Waals surface area contributed by atoms with Crippen molar-refractivity contribution < 1.29 is 23.4 Å². The molecular weight excluding hydrogens is 301 g/mol. The van der Waals surface area contributed by atoms with Crippen LogP contribution in [0.1, 0.15) is 26.3 Å². The van der Waals surface area contributed by atoms with Gasteiger partial charge in [0.1, 0.15) is 24.6 Å². The van der Waals surface area contributed by atoms with E-state index in [-0.39, 0.29) is 6.61 Å². The first kappa shape index (κ1) is 19.2. The molecule has 1 aromatic rings. The maximum atomic E-state index is 11.8. The number of ether oxygens (including phenoxy) is 3. The van der Waals surface area contributed by atoms with E-state index in [1.165, 1.54) is 0 Å². The van der Waals surface area contributed by atoms with Crippen molar-refractivity contribution in [1.29, 1.82) is 0 Å². The molecule has 0 aromatic heterocycles. The van der Waals surface area contributed by atoms with Crippen LogP contribution in [-0.2, 0) is 15.9 Å². The first-order valence-electron chi connectivity index (χ1n) is 7.73. The second-order valence-corrected chi connectivity index (χ2v) is 5.97. The maximum absolute atomic E-state index is 11.8. The third-order valence-electron chi connectivity index (χ3n) is 2.72. The molecule has 1 N–H and O–H groups in total. The van der Waals surface area contributed by atoms with Crippen molar-refractivity contribution >= 4 is 6.09 Å². The standard InChI is InChI=1S/C17H26FNO4/c1-17(2,3)23-16(20)19-10-8-14-4-6-15(7-5-14)22-13-12-21-11-9-18/h4-7H,8-13H2,1-3H3,(H,19,20). The summed E-state index contributed by atoms with van der Waals surface area (Å²) in [6, 6.07) is 7.60. The Morgan fingerprint density at radius 3 is 2.43 bits per heavy atom. The number of carbonyl (C=O) groups is 1. The molecule has 0 bridgehead atoms. The summed E-state index contributed by atoms with van der Waals surface area (Å²) in [6.45, 7) is 6.37. The summed E-state index contributed by atoms with van der Waals surface area (Å²) < 4.78 is 27.4. The molecule has 0 saturated carbocycles. The third-order valence-corrected chi connectivity index (χ3v) is 2.72. The van der Waals surface area contributed by atoms with E-state index < -0.39 is 18.4 Å². The van der Waals surface area contributed by atoms with Gasteiger partial charge in [-0.05, 0) is 44.9 Å². The van der Waals surface area contributed by atoms with Crippen molar-refractivity contribution in [3.8, 4) is 5.75 Å². The summed E-state index contributed by atoms with van der Waals surface area (Å²) >= 11 is 0.